The lowest BCUT2D eigenvalue weighted by Gasteiger charge is -2.31. The van der Waals surface area contributed by atoms with Crippen molar-refractivity contribution in [2.75, 3.05) is 13.1 Å². The number of fused-ring (bicyclic) bond motifs is 1. The van der Waals surface area contributed by atoms with Crippen molar-refractivity contribution in [1.82, 2.24) is 14.9 Å². The molecule has 1 aliphatic heterocycles. The molecule has 0 amide bonds. The highest BCUT2D eigenvalue weighted by molar-refractivity contribution is 5.85. The molecule has 0 bridgehead atoms. The quantitative estimate of drug-likeness (QED) is 0.803. The van der Waals surface area contributed by atoms with Gasteiger partial charge >= 0.3 is 0 Å². The first-order chi connectivity index (χ1) is 10.9. The van der Waals surface area contributed by atoms with Gasteiger partial charge in [0.2, 0.25) is 0 Å². The summed E-state index contributed by atoms with van der Waals surface area (Å²) in [6, 6.07) is 8.24. The molecule has 3 aromatic rings. The van der Waals surface area contributed by atoms with Crippen molar-refractivity contribution in [3.05, 3.63) is 48.8 Å². The third-order valence-corrected chi connectivity index (χ3v) is 4.25. The second kappa shape index (κ2) is 5.85. The Morgan fingerprint density at radius 1 is 1.27 bits per heavy atom. The van der Waals surface area contributed by atoms with Gasteiger partial charge in [0, 0.05) is 36.7 Å². The van der Waals surface area contributed by atoms with E-state index < -0.39 is 0 Å². The smallest absolute Gasteiger partial charge is 0.180 e. The zero-order valence-corrected chi connectivity index (χ0v) is 12.4. The van der Waals surface area contributed by atoms with E-state index in [1.54, 1.807) is 6.26 Å². The average molecular weight is 297 g/mol. The fourth-order valence-corrected chi connectivity index (χ4v) is 3.07. The van der Waals surface area contributed by atoms with Gasteiger partial charge in [0.25, 0.3) is 0 Å². The molecule has 1 fully saturated rings. The second-order valence-corrected chi connectivity index (χ2v) is 5.77. The van der Waals surface area contributed by atoms with Crippen molar-refractivity contribution >= 4 is 10.9 Å². The van der Waals surface area contributed by atoms with Crippen LogP contribution in [0.2, 0.25) is 0 Å². The van der Waals surface area contributed by atoms with Crippen LogP contribution < -0.4 is 4.74 Å². The number of hydrogen-bond acceptors (Lipinski definition) is 4. The molecule has 4 rings (SSSR count). The van der Waals surface area contributed by atoms with E-state index in [0.29, 0.717) is 0 Å². The summed E-state index contributed by atoms with van der Waals surface area (Å²) in [5.74, 6) is 0.980. The molecule has 0 aliphatic carbocycles. The molecule has 0 radical (unpaired) electrons. The summed E-state index contributed by atoms with van der Waals surface area (Å²) >= 11 is 0. The number of rotatable bonds is 4. The first-order valence-corrected chi connectivity index (χ1v) is 7.71. The number of ether oxygens (including phenoxy) is 1. The number of nitrogens with one attached hydrogen (secondary N) is 1. The van der Waals surface area contributed by atoms with Crippen LogP contribution in [0.25, 0.3) is 10.9 Å². The topological polar surface area (TPSA) is 54.3 Å². The lowest BCUT2D eigenvalue weighted by atomic mass is 10.1. The van der Waals surface area contributed by atoms with E-state index in [1.165, 1.54) is 6.39 Å². The summed E-state index contributed by atoms with van der Waals surface area (Å²) in [5.41, 5.74) is 2.12. The number of aromatic amines is 1. The number of hydrogen-bond donors (Lipinski definition) is 1. The number of benzene rings is 1. The lowest BCUT2D eigenvalue weighted by molar-refractivity contribution is 0.0973. The zero-order chi connectivity index (χ0) is 14.8. The van der Waals surface area contributed by atoms with Crippen LogP contribution in [0.4, 0.5) is 0 Å². The van der Waals surface area contributed by atoms with Crippen LogP contribution in [0.1, 0.15) is 18.5 Å². The van der Waals surface area contributed by atoms with Gasteiger partial charge in [0.15, 0.2) is 6.39 Å². The predicted molar refractivity (Wildman–Crippen MR) is 83.7 cm³/mol. The predicted octanol–water partition coefficient (Wildman–Crippen LogP) is 3.20. The van der Waals surface area contributed by atoms with Crippen molar-refractivity contribution in [1.29, 1.82) is 0 Å². The summed E-state index contributed by atoms with van der Waals surface area (Å²) in [6.45, 7) is 2.91. The van der Waals surface area contributed by atoms with E-state index >= 15 is 0 Å². The van der Waals surface area contributed by atoms with Gasteiger partial charge in [-0.05, 0) is 31.0 Å². The van der Waals surface area contributed by atoms with Crippen molar-refractivity contribution in [3.63, 3.8) is 0 Å². The van der Waals surface area contributed by atoms with Crippen molar-refractivity contribution in [2.24, 2.45) is 0 Å². The summed E-state index contributed by atoms with van der Waals surface area (Å²) in [7, 11) is 0. The Morgan fingerprint density at radius 2 is 2.18 bits per heavy atom. The van der Waals surface area contributed by atoms with E-state index in [-0.39, 0.29) is 6.10 Å². The Bertz CT molecular complexity index is 727. The molecule has 1 saturated heterocycles. The molecule has 1 aliphatic rings. The normalized spacial score (nSPS) is 17.1. The Balaban J connectivity index is 1.37. The minimum atomic E-state index is 0.286. The van der Waals surface area contributed by atoms with Gasteiger partial charge in [-0.1, -0.05) is 6.07 Å². The van der Waals surface area contributed by atoms with Crippen LogP contribution in [0.5, 0.6) is 5.75 Å². The Labute approximate surface area is 128 Å². The molecule has 1 aromatic carbocycles. The van der Waals surface area contributed by atoms with Gasteiger partial charge in [-0.3, -0.25) is 4.90 Å². The molecule has 5 heteroatoms. The average Bonchev–Trinajstić information content (AvgIpc) is 3.21. The molecule has 114 valence electrons. The number of aromatic nitrogens is 2. The fraction of sp³-hybridized carbons (Fsp3) is 0.353. The standard InChI is InChI=1S/C17H19N3O2/c1-2-16-15(4-7-18-16)17(3-1)22-14-5-8-20(9-6-14)10-13-11-21-12-19-13/h1-4,7,11-12,14,18H,5-6,8-10H2. The molecule has 5 nitrogen and oxygen atoms in total. The first kappa shape index (κ1) is 13.4. The molecular weight excluding hydrogens is 278 g/mol. The summed E-state index contributed by atoms with van der Waals surface area (Å²) in [5, 5.41) is 1.16. The summed E-state index contributed by atoms with van der Waals surface area (Å²) in [4.78, 5) is 9.80. The van der Waals surface area contributed by atoms with Crippen LogP contribution in [0, 0.1) is 0 Å². The van der Waals surface area contributed by atoms with Crippen molar-refractivity contribution < 1.29 is 9.15 Å². The lowest BCUT2D eigenvalue weighted by Crippen LogP contribution is -2.37. The maximum atomic E-state index is 6.23. The fourth-order valence-electron chi connectivity index (χ4n) is 3.07. The van der Waals surface area contributed by atoms with E-state index in [2.05, 4.69) is 33.1 Å². The summed E-state index contributed by atoms with van der Waals surface area (Å²) < 4.78 is 11.3. The highest BCUT2D eigenvalue weighted by Gasteiger charge is 2.21. The van der Waals surface area contributed by atoms with Gasteiger partial charge in [-0.2, -0.15) is 0 Å². The number of H-pyrrole nitrogens is 1. The van der Waals surface area contributed by atoms with Crippen molar-refractivity contribution in [2.45, 2.75) is 25.5 Å². The largest absolute Gasteiger partial charge is 0.490 e. The van der Waals surface area contributed by atoms with Crippen LogP contribution >= 0.6 is 0 Å². The molecule has 2 aromatic heterocycles. The van der Waals surface area contributed by atoms with Gasteiger partial charge < -0.3 is 14.1 Å². The van der Waals surface area contributed by atoms with Gasteiger partial charge in [0.05, 0.1) is 5.69 Å². The van der Waals surface area contributed by atoms with Gasteiger partial charge in [-0.15, -0.1) is 0 Å². The maximum absolute atomic E-state index is 6.23. The molecule has 0 spiro atoms. The van der Waals surface area contributed by atoms with Gasteiger partial charge in [0.1, 0.15) is 18.1 Å². The van der Waals surface area contributed by atoms with Crippen LogP contribution in [0.15, 0.2) is 47.5 Å². The highest BCUT2D eigenvalue weighted by atomic mass is 16.5. The van der Waals surface area contributed by atoms with Crippen molar-refractivity contribution in [3.8, 4) is 5.75 Å². The monoisotopic (exact) mass is 297 g/mol. The third-order valence-electron chi connectivity index (χ3n) is 4.25. The third kappa shape index (κ3) is 2.72. The molecule has 22 heavy (non-hydrogen) atoms. The second-order valence-electron chi connectivity index (χ2n) is 5.77. The molecule has 0 unspecified atom stereocenters. The van der Waals surface area contributed by atoms with E-state index in [0.717, 1.165) is 54.8 Å². The van der Waals surface area contributed by atoms with Crippen LogP contribution in [0.3, 0.4) is 0 Å². The molecule has 3 heterocycles. The Kier molecular flexibility index (Phi) is 3.56. The molecule has 1 N–H and O–H groups in total. The summed E-state index contributed by atoms with van der Waals surface area (Å²) in [6.07, 6.45) is 7.53. The number of piperidine rings is 1. The number of nitrogens with zero attached hydrogens (tertiary/aromatic N) is 2. The minimum absolute atomic E-state index is 0.286. The number of likely N-dealkylation sites (tertiary alicyclic amines) is 1. The molecule has 0 saturated carbocycles. The van der Waals surface area contributed by atoms with E-state index in [4.69, 9.17) is 9.15 Å². The SMILES string of the molecule is c1cc(OC2CCN(Cc3cocn3)CC2)c2cc[nH]c2c1. The Morgan fingerprint density at radius 3 is 3.00 bits per heavy atom. The van der Waals surface area contributed by atoms with Crippen LogP contribution in [-0.2, 0) is 6.54 Å². The number of oxazole rings is 1. The first-order valence-electron chi connectivity index (χ1n) is 7.71. The minimum Gasteiger partial charge on any atom is -0.490 e. The Hall–Kier alpha value is -2.27. The molecular formula is C17H19N3O2. The zero-order valence-electron chi connectivity index (χ0n) is 12.4. The van der Waals surface area contributed by atoms with Gasteiger partial charge in [-0.25, -0.2) is 4.98 Å². The van der Waals surface area contributed by atoms with E-state index in [9.17, 15) is 0 Å². The maximum Gasteiger partial charge on any atom is 0.180 e. The molecule has 0 atom stereocenters. The van der Waals surface area contributed by atoms with Crippen LogP contribution in [-0.4, -0.2) is 34.1 Å². The van der Waals surface area contributed by atoms with E-state index in [1.807, 2.05) is 12.3 Å². The highest BCUT2D eigenvalue weighted by Crippen LogP contribution is 2.27.